The molecule has 1 aliphatic rings. The SMILES string of the molecule is CNC(=O)C1(C)CCN(c2ccc(C(=O)O)c(N)c2)C1. The zero-order chi connectivity index (χ0) is 14.9. The number of aromatic carboxylic acids is 1. The number of carbonyl (C=O) groups is 2. The van der Waals surface area contributed by atoms with Gasteiger partial charge >= 0.3 is 5.97 Å². The van der Waals surface area contributed by atoms with E-state index in [4.69, 9.17) is 10.8 Å². The molecule has 1 fully saturated rings. The highest BCUT2D eigenvalue weighted by molar-refractivity contribution is 5.94. The van der Waals surface area contributed by atoms with Crippen LogP contribution in [0.15, 0.2) is 18.2 Å². The van der Waals surface area contributed by atoms with E-state index in [1.807, 2.05) is 6.92 Å². The van der Waals surface area contributed by atoms with Gasteiger partial charge in [0.25, 0.3) is 0 Å². The summed E-state index contributed by atoms with van der Waals surface area (Å²) in [5, 5.41) is 11.6. The second kappa shape index (κ2) is 5.03. The minimum atomic E-state index is -1.04. The molecular weight excluding hydrogens is 258 g/mol. The molecule has 1 heterocycles. The smallest absolute Gasteiger partial charge is 0.337 e. The third-order valence-electron chi connectivity index (χ3n) is 3.88. The third-order valence-corrected chi connectivity index (χ3v) is 3.88. The standard InChI is InChI=1S/C14H19N3O3/c1-14(13(20)16-2)5-6-17(8-14)9-3-4-10(12(18)19)11(15)7-9/h3-4,7H,5-6,8,15H2,1-2H3,(H,16,20)(H,18,19). The molecule has 0 radical (unpaired) electrons. The summed E-state index contributed by atoms with van der Waals surface area (Å²) < 4.78 is 0. The highest BCUT2D eigenvalue weighted by atomic mass is 16.4. The number of carbonyl (C=O) groups excluding carboxylic acids is 1. The fourth-order valence-corrected chi connectivity index (χ4v) is 2.61. The molecule has 0 aromatic heterocycles. The Kier molecular flexibility index (Phi) is 3.57. The van der Waals surface area contributed by atoms with E-state index in [1.165, 1.54) is 6.07 Å². The van der Waals surface area contributed by atoms with E-state index >= 15 is 0 Å². The molecule has 6 nitrogen and oxygen atoms in total. The average molecular weight is 277 g/mol. The van der Waals surface area contributed by atoms with E-state index in [2.05, 4.69) is 10.2 Å². The Morgan fingerprint density at radius 2 is 2.15 bits per heavy atom. The van der Waals surface area contributed by atoms with Crippen LogP contribution in [-0.2, 0) is 4.79 Å². The van der Waals surface area contributed by atoms with E-state index in [0.717, 1.165) is 18.7 Å². The number of hydrogen-bond acceptors (Lipinski definition) is 4. The second-order valence-electron chi connectivity index (χ2n) is 5.39. The minimum absolute atomic E-state index is 0.0233. The van der Waals surface area contributed by atoms with E-state index in [9.17, 15) is 9.59 Å². The molecular formula is C14H19N3O3. The Morgan fingerprint density at radius 1 is 1.45 bits per heavy atom. The molecule has 1 aliphatic heterocycles. The van der Waals surface area contributed by atoms with Gasteiger partial charge in [0.15, 0.2) is 0 Å². The van der Waals surface area contributed by atoms with Crippen LogP contribution in [0.3, 0.4) is 0 Å². The first-order chi connectivity index (χ1) is 9.37. The number of anilines is 2. The summed E-state index contributed by atoms with van der Waals surface area (Å²) >= 11 is 0. The zero-order valence-electron chi connectivity index (χ0n) is 11.6. The molecule has 6 heteroatoms. The lowest BCUT2D eigenvalue weighted by Crippen LogP contribution is -2.39. The monoisotopic (exact) mass is 277 g/mol. The summed E-state index contributed by atoms with van der Waals surface area (Å²) in [6.07, 6.45) is 0.757. The van der Waals surface area contributed by atoms with Crippen LogP contribution in [0, 0.1) is 5.41 Å². The summed E-state index contributed by atoms with van der Waals surface area (Å²) in [6.45, 7) is 3.27. The fraction of sp³-hybridized carbons (Fsp3) is 0.429. The molecule has 0 aliphatic carbocycles. The van der Waals surface area contributed by atoms with Gasteiger partial charge in [-0.1, -0.05) is 0 Å². The van der Waals surface area contributed by atoms with Gasteiger partial charge in [0.2, 0.25) is 5.91 Å². The number of carboxylic acid groups (broad SMARTS) is 1. The summed E-state index contributed by atoms with van der Waals surface area (Å²) in [5.41, 5.74) is 6.52. The molecule has 1 unspecified atom stereocenters. The molecule has 20 heavy (non-hydrogen) atoms. The number of hydrogen-bond donors (Lipinski definition) is 3. The molecule has 0 saturated carbocycles. The van der Waals surface area contributed by atoms with Crippen LogP contribution in [0.5, 0.6) is 0 Å². The van der Waals surface area contributed by atoms with Crippen molar-refractivity contribution in [2.45, 2.75) is 13.3 Å². The molecule has 108 valence electrons. The molecule has 1 aromatic carbocycles. The number of amides is 1. The van der Waals surface area contributed by atoms with Gasteiger partial charge in [-0.05, 0) is 31.5 Å². The largest absolute Gasteiger partial charge is 0.478 e. The Balaban J connectivity index is 2.21. The van der Waals surface area contributed by atoms with Crippen LogP contribution in [0.25, 0.3) is 0 Å². The van der Waals surface area contributed by atoms with Crippen molar-refractivity contribution in [1.82, 2.24) is 5.32 Å². The van der Waals surface area contributed by atoms with Crippen molar-refractivity contribution in [1.29, 1.82) is 0 Å². The molecule has 2 rings (SSSR count). The molecule has 1 amide bonds. The molecule has 0 bridgehead atoms. The third kappa shape index (κ3) is 2.41. The van der Waals surface area contributed by atoms with E-state index in [0.29, 0.717) is 6.54 Å². The van der Waals surface area contributed by atoms with Crippen LogP contribution in [0.2, 0.25) is 0 Å². The van der Waals surface area contributed by atoms with Crippen molar-refractivity contribution in [3.05, 3.63) is 23.8 Å². The molecule has 4 N–H and O–H groups in total. The van der Waals surface area contributed by atoms with Crippen molar-refractivity contribution in [2.24, 2.45) is 5.41 Å². The predicted octanol–water partition coefficient (Wildman–Crippen LogP) is 0.929. The maximum absolute atomic E-state index is 11.9. The minimum Gasteiger partial charge on any atom is -0.478 e. The average Bonchev–Trinajstić information content (AvgIpc) is 2.81. The summed E-state index contributed by atoms with van der Waals surface area (Å²) in [4.78, 5) is 24.9. The van der Waals surface area contributed by atoms with Gasteiger partial charge in [-0.2, -0.15) is 0 Å². The summed E-state index contributed by atoms with van der Waals surface area (Å²) in [5.74, 6) is -1.01. The Labute approximate surface area is 117 Å². The van der Waals surface area contributed by atoms with Crippen LogP contribution in [-0.4, -0.2) is 37.1 Å². The normalized spacial score (nSPS) is 21.8. The molecule has 0 spiro atoms. The number of benzene rings is 1. The van der Waals surface area contributed by atoms with Gasteiger partial charge in [0.1, 0.15) is 0 Å². The first kappa shape index (κ1) is 14.2. The van der Waals surface area contributed by atoms with Crippen LogP contribution in [0.1, 0.15) is 23.7 Å². The number of carboxylic acids is 1. The lowest BCUT2D eigenvalue weighted by molar-refractivity contribution is -0.128. The Hall–Kier alpha value is -2.24. The number of nitrogen functional groups attached to an aromatic ring is 1. The van der Waals surface area contributed by atoms with Crippen molar-refractivity contribution in [3.8, 4) is 0 Å². The maximum Gasteiger partial charge on any atom is 0.337 e. The maximum atomic E-state index is 11.9. The van der Waals surface area contributed by atoms with Gasteiger partial charge in [-0.15, -0.1) is 0 Å². The van der Waals surface area contributed by atoms with Gasteiger partial charge < -0.3 is 21.1 Å². The second-order valence-corrected chi connectivity index (χ2v) is 5.39. The number of nitrogens with one attached hydrogen (secondary N) is 1. The van der Waals surface area contributed by atoms with Gasteiger partial charge in [-0.25, -0.2) is 4.79 Å². The number of nitrogens with zero attached hydrogens (tertiary/aromatic N) is 1. The van der Waals surface area contributed by atoms with Crippen LogP contribution >= 0.6 is 0 Å². The van der Waals surface area contributed by atoms with Crippen molar-refractivity contribution in [3.63, 3.8) is 0 Å². The van der Waals surface area contributed by atoms with Crippen LogP contribution in [0.4, 0.5) is 11.4 Å². The molecule has 1 aromatic rings. The lowest BCUT2D eigenvalue weighted by Gasteiger charge is -2.24. The summed E-state index contributed by atoms with van der Waals surface area (Å²) in [7, 11) is 1.63. The first-order valence-corrected chi connectivity index (χ1v) is 6.47. The van der Waals surface area contributed by atoms with Crippen molar-refractivity contribution < 1.29 is 14.7 Å². The van der Waals surface area contributed by atoms with Crippen molar-refractivity contribution >= 4 is 23.3 Å². The lowest BCUT2D eigenvalue weighted by atomic mass is 9.89. The zero-order valence-corrected chi connectivity index (χ0v) is 11.6. The van der Waals surface area contributed by atoms with Crippen molar-refractivity contribution in [2.75, 3.05) is 30.8 Å². The molecule has 1 atom stereocenters. The number of rotatable bonds is 3. The van der Waals surface area contributed by atoms with E-state index in [-0.39, 0.29) is 17.2 Å². The Bertz CT molecular complexity index is 559. The quantitative estimate of drug-likeness (QED) is 0.714. The van der Waals surface area contributed by atoms with E-state index in [1.54, 1.807) is 19.2 Å². The van der Waals surface area contributed by atoms with Crippen LogP contribution < -0.4 is 16.0 Å². The first-order valence-electron chi connectivity index (χ1n) is 6.47. The number of nitrogens with two attached hydrogens (primary N) is 1. The fourth-order valence-electron chi connectivity index (χ4n) is 2.61. The highest BCUT2D eigenvalue weighted by Crippen LogP contribution is 2.34. The predicted molar refractivity (Wildman–Crippen MR) is 76.8 cm³/mol. The van der Waals surface area contributed by atoms with E-state index < -0.39 is 11.4 Å². The Morgan fingerprint density at radius 3 is 2.70 bits per heavy atom. The van der Waals surface area contributed by atoms with Gasteiger partial charge in [0, 0.05) is 31.5 Å². The van der Waals surface area contributed by atoms with Gasteiger partial charge in [-0.3, -0.25) is 4.79 Å². The van der Waals surface area contributed by atoms with Gasteiger partial charge in [0.05, 0.1) is 11.0 Å². The topological polar surface area (TPSA) is 95.7 Å². The molecule has 1 saturated heterocycles. The highest BCUT2D eigenvalue weighted by Gasteiger charge is 2.39. The summed E-state index contributed by atoms with van der Waals surface area (Å²) in [6, 6.07) is 4.89.